The second-order valence-corrected chi connectivity index (χ2v) is 4.34. The highest BCUT2D eigenvalue weighted by molar-refractivity contribution is 4.91. The number of rotatable bonds is 5. The molecule has 5 atom stereocenters. The molecule has 1 aliphatic rings. The Morgan fingerprint density at radius 3 is 2.38 bits per heavy atom. The summed E-state index contributed by atoms with van der Waals surface area (Å²) in [6.45, 7) is 0.937. The molecular weight excluding hydrogens is 215 g/mol. The Hall–Kier alpha value is -0.230. The maximum atomic E-state index is 12.8. The summed E-state index contributed by atoms with van der Waals surface area (Å²) >= 11 is 0. The first-order valence-electron chi connectivity index (χ1n) is 5.84. The lowest BCUT2D eigenvalue weighted by atomic mass is 9.85. The Balaban J connectivity index is 2.65. The van der Waals surface area contributed by atoms with Gasteiger partial charge in [-0.15, -0.1) is 0 Å². The smallest absolute Gasteiger partial charge is 0.109 e. The minimum absolute atomic E-state index is 0.361. The van der Waals surface area contributed by atoms with Gasteiger partial charge in [0.1, 0.15) is 12.2 Å². The van der Waals surface area contributed by atoms with E-state index in [1.807, 2.05) is 6.92 Å². The van der Waals surface area contributed by atoms with Crippen molar-refractivity contribution in [3.63, 3.8) is 0 Å². The maximum Gasteiger partial charge on any atom is 0.109 e. The van der Waals surface area contributed by atoms with Crippen molar-refractivity contribution in [2.75, 3.05) is 13.3 Å². The molecule has 5 heteroatoms. The van der Waals surface area contributed by atoms with Crippen molar-refractivity contribution in [2.45, 2.75) is 50.6 Å². The number of ether oxygens (including phenoxy) is 1. The van der Waals surface area contributed by atoms with E-state index in [1.54, 1.807) is 0 Å². The average molecular weight is 236 g/mol. The van der Waals surface area contributed by atoms with Crippen LogP contribution in [0.25, 0.3) is 0 Å². The molecule has 16 heavy (non-hydrogen) atoms. The molecule has 0 aromatic heterocycles. The van der Waals surface area contributed by atoms with E-state index in [2.05, 4.69) is 0 Å². The minimum atomic E-state index is -1.20. The van der Waals surface area contributed by atoms with E-state index in [1.165, 1.54) is 0 Å². The van der Waals surface area contributed by atoms with E-state index in [0.29, 0.717) is 6.42 Å². The third-order valence-corrected chi connectivity index (χ3v) is 3.20. The van der Waals surface area contributed by atoms with Gasteiger partial charge in [0.25, 0.3) is 0 Å². The number of halogens is 1. The van der Waals surface area contributed by atoms with Crippen molar-refractivity contribution in [3.05, 3.63) is 0 Å². The van der Waals surface area contributed by atoms with Crippen molar-refractivity contribution in [3.8, 4) is 0 Å². The Morgan fingerprint density at radius 2 is 1.88 bits per heavy atom. The third kappa shape index (κ3) is 2.91. The highest BCUT2D eigenvalue weighted by Gasteiger charge is 2.43. The Labute approximate surface area is 95.0 Å². The molecule has 0 spiro atoms. The molecule has 0 bridgehead atoms. The first-order valence-corrected chi connectivity index (χ1v) is 5.84. The van der Waals surface area contributed by atoms with E-state index < -0.39 is 37.0 Å². The molecule has 0 aromatic carbocycles. The van der Waals surface area contributed by atoms with Crippen molar-refractivity contribution in [2.24, 2.45) is 5.92 Å². The number of unbranched alkanes of at least 4 members (excludes halogenated alkanes) is 1. The monoisotopic (exact) mass is 236 g/mol. The zero-order valence-corrected chi connectivity index (χ0v) is 9.55. The van der Waals surface area contributed by atoms with Crippen molar-refractivity contribution < 1.29 is 24.4 Å². The van der Waals surface area contributed by atoms with Gasteiger partial charge in [0, 0.05) is 5.92 Å². The lowest BCUT2D eigenvalue weighted by Crippen LogP contribution is -2.56. The number of alkyl halides is 1. The molecule has 1 aliphatic heterocycles. The van der Waals surface area contributed by atoms with Crippen LogP contribution in [0.4, 0.5) is 4.39 Å². The molecule has 96 valence electrons. The Bertz CT molecular complexity index is 202. The molecule has 3 N–H and O–H groups in total. The van der Waals surface area contributed by atoms with Gasteiger partial charge in [0.05, 0.1) is 25.5 Å². The zero-order chi connectivity index (χ0) is 12.1. The minimum Gasteiger partial charge on any atom is -0.394 e. The van der Waals surface area contributed by atoms with Crippen LogP contribution in [0, 0.1) is 5.92 Å². The van der Waals surface area contributed by atoms with E-state index in [9.17, 15) is 14.6 Å². The van der Waals surface area contributed by atoms with E-state index in [-0.39, 0.29) is 6.61 Å². The Morgan fingerprint density at radius 1 is 1.19 bits per heavy atom. The number of hydrogen-bond donors (Lipinski definition) is 3. The molecule has 1 saturated heterocycles. The summed E-state index contributed by atoms with van der Waals surface area (Å²) in [4.78, 5) is 0. The van der Waals surface area contributed by atoms with Gasteiger partial charge in [-0.1, -0.05) is 19.8 Å². The molecule has 0 saturated carbocycles. The molecular formula is C11H21FO4. The lowest BCUT2D eigenvalue weighted by Gasteiger charge is -2.41. The van der Waals surface area contributed by atoms with Gasteiger partial charge in [-0.2, -0.15) is 0 Å². The second-order valence-electron chi connectivity index (χ2n) is 4.34. The van der Waals surface area contributed by atoms with Crippen LogP contribution in [0.3, 0.4) is 0 Å². The van der Waals surface area contributed by atoms with Crippen LogP contribution in [0.5, 0.6) is 0 Å². The molecule has 1 heterocycles. The lowest BCUT2D eigenvalue weighted by molar-refractivity contribution is -0.213. The number of hydrogen-bond acceptors (Lipinski definition) is 4. The largest absolute Gasteiger partial charge is 0.394 e. The van der Waals surface area contributed by atoms with Crippen LogP contribution in [0.2, 0.25) is 0 Å². The van der Waals surface area contributed by atoms with Gasteiger partial charge < -0.3 is 20.1 Å². The fourth-order valence-corrected chi connectivity index (χ4v) is 2.13. The summed E-state index contributed by atoms with van der Waals surface area (Å²) in [5, 5.41) is 28.3. The first kappa shape index (κ1) is 13.8. The molecule has 0 aliphatic carbocycles. The van der Waals surface area contributed by atoms with Crippen LogP contribution >= 0.6 is 0 Å². The van der Waals surface area contributed by atoms with Crippen LogP contribution in [0.15, 0.2) is 0 Å². The zero-order valence-electron chi connectivity index (χ0n) is 9.55. The molecule has 1 rings (SSSR count). The van der Waals surface area contributed by atoms with Gasteiger partial charge in [0.15, 0.2) is 0 Å². The fourth-order valence-electron chi connectivity index (χ4n) is 2.13. The molecule has 0 radical (unpaired) electrons. The SMILES string of the molecule is CCCCC1OC(CO)C(O)C(O)C1CF. The second kappa shape index (κ2) is 6.49. The third-order valence-electron chi connectivity index (χ3n) is 3.20. The molecule has 0 aromatic rings. The standard InChI is InChI=1S/C11H21FO4/c1-2-3-4-8-7(5-12)10(14)11(15)9(6-13)16-8/h7-11,13-15H,2-6H2,1H3. The van der Waals surface area contributed by atoms with E-state index >= 15 is 0 Å². The normalized spacial score (nSPS) is 39.9. The van der Waals surface area contributed by atoms with Gasteiger partial charge in [0.2, 0.25) is 0 Å². The van der Waals surface area contributed by atoms with Gasteiger partial charge in [-0.25, -0.2) is 0 Å². The Kier molecular flexibility index (Phi) is 5.61. The van der Waals surface area contributed by atoms with E-state index in [4.69, 9.17) is 9.84 Å². The maximum absolute atomic E-state index is 12.8. The summed E-state index contributed by atoms with van der Waals surface area (Å²) < 4.78 is 18.2. The first-order chi connectivity index (χ1) is 7.65. The van der Waals surface area contributed by atoms with Crippen molar-refractivity contribution in [1.82, 2.24) is 0 Å². The van der Waals surface area contributed by atoms with Crippen molar-refractivity contribution >= 4 is 0 Å². The predicted molar refractivity (Wildman–Crippen MR) is 56.8 cm³/mol. The van der Waals surface area contributed by atoms with Crippen LogP contribution in [0.1, 0.15) is 26.2 Å². The highest BCUT2D eigenvalue weighted by atomic mass is 19.1. The summed E-state index contributed by atoms with van der Waals surface area (Å²) in [6, 6.07) is 0. The van der Waals surface area contributed by atoms with Crippen LogP contribution in [-0.4, -0.2) is 53.0 Å². The average Bonchev–Trinajstić information content (AvgIpc) is 2.30. The molecule has 0 amide bonds. The summed E-state index contributed by atoms with van der Waals surface area (Å²) in [7, 11) is 0. The molecule has 4 nitrogen and oxygen atoms in total. The van der Waals surface area contributed by atoms with Gasteiger partial charge in [-0.05, 0) is 6.42 Å². The number of aliphatic hydroxyl groups is 3. The number of aliphatic hydroxyl groups excluding tert-OH is 3. The topological polar surface area (TPSA) is 69.9 Å². The quantitative estimate of drug-likeness (QED) is 0.639. The van der Waals surface area contributed by atoms with Crippen molar-refractivity contribution in [1.29, 1.82) is 0 Å². The highest BCUT2D eigenvalue weighted by Crippen LogP contribution is 2.29. The summed E-state index contributed by atoms with van der Waals surface area (Å²) in [5.41, 5.74) is 0. The van der Waals surface area contributed by atoms with E-state index in [0.717, 1.165) is 12.8 Å². The summed E-state index contributed by atoms with van der Waals surface area (Å²) in [5.74, 6) is -0.690. The van der Waals surface area contributed by atoms with Gasteiger partial charge in [-0.3, -0.25) is 4.39 Å². The van der Waals surface area contributed by atoms with Gasteiger partial charge >= 0.3 is 0 Å². The van der Waals surface area contributed by atoms with Crippen LogP contribution < -0.4 is 0 Å². The van der Waals surface area contributed by atoms with Crippen LogP contribution in [-0.2, 0) is 4.74 Å². The predicted octanol–water partition coefficient (Wildman–Crippen LogP) is 0.244. The summed E-state index contributed by atoms with van der Waals surface area (Å²) in [6.07, 6.45) is -1.10. The fraction of sp³-hybridized carbons (Fsp3) is 1.00. The molecule has 1 fully saturated rings. The molecule has 5 unspecified atom stereocenters.